The second-order valence-corrected chi connectivity index (χ2v) is 6.86. The van der Waals surface area contributed by atoms with E-state index in [1.54, 1.807) is 42.5 Å². The van der Waals surface area contributed by atoms with E-state index in [9.17, 15) is 9.90 Å². The van der Waals surface area contributed by atoms with Crippen LogP contribution in [0, 0.1) is 0 Å². The standard InChI is InChI=1S/C23H17ClN2O3/c1-29-21-11-6-14(13-20(21)27)12-17(22(28)15-7-9-16(24)10-8-15)23-25-18-4-2-3-5-19(18)26-23/h2-13,27H,1H3,(H,25,26). The summed E-state index contributed by atoms with van der Waals surface area (Å²) >= 11 is 5.96. The van der Waals surface area contributed by atoms with Crippen LogP contribution in [0.2, 0.25) is 5.02 Å². The number of nitrogens with zero attached hydrogens (tertiary/aromatic N) is 1. The third-order valence-corrected chi connectivity index (χ3v) is 4.76. The first kappa shape index (κ1) is 18.8. The number of aromatic nitrogens is 2. The van der Waals surface area contributed by atoms with Gasteiger partial charge in [-0.15, -0.1) is 0 Å². The van der Waals surface area contributed by atoms with Crippen LogP contribution in [0.3, 0.4) is 0 Å². The molecular weight excluding hydrogens is 388 g/mol. The number of hydrogen-bond acceptors (Lipinski definition) is 4. The molecule has 6 heteroatoms. The molecule has 0 atom stereocenters. The number of ether oxygens (including phenoxy) is 1. The quantitative estimate of drug-likeness (QED) is 0.347. The lowest BCUT2D eigenvalue weighted by atomic mass is 10.00. The molecule has 0 aliphatic heterocycles. The number of H-pyrrole nitrogens is 1. The number of aromatic hydroxyl groups is 1. The normalized spacial score (nSPS) is 11.6. The van der Waals surface area contributed by atoms with Crippen molar-refractivity contribution in [1.29, 1.82) is 0 Å². The largest absolute Gasteiger partial charge is 0.504 e. The number of aromatic amines is 1. The summed E-state index contributed by atoms with van der Waals surface area (Å²) in [5.41, 5.74) is 3.08. The van der Waals surface area contributed by atoms with Gasteiger partial charge in [0.2, 0.25) is 0 Å². The number of nitrogens with one attached hydrogen (secondary N) is 1. The summed E-state index contributed by atoms with van der Waals surface area (Å²) in [5.74, 6) is 0.582. The molecule has 5 nitrogen and oxygen atoms in total. The smallest absolute Gasteiger partial charge is 0.196 e. The van der Waals surface area contributed by atoms with Gasteiger partial charge in [-0.25, -0.2) is 4.98 Å². The molecule has 0 saturated carbocycles. The predicted octanol–water partition coefficient (Wildman–Crippen LogP) is 5.35. The van der Waals surface area contributed by atoms with E-state index >= 15 is 0 Å². The molecule has 0 aliphatic carbocycles. The van der Waals surface area contributed by atoms with Crippen molar-refractivity contribution in [1.82, 2.24) is 9.97 Å². The minimum absolute atomic E-state index is 0.0100. The predicted molar refractivity (Wildman–Crippen MR) is 114 cm³/mol. The highest BCUT2D eigenvalue weighted by molar-refractivity contribution is 6.33. The van der Waals surface area contributed by atoms with E-state index in [0.29, 0.717) is 33.3 Å². The second-order valence-electron chi connectivity index (χ2n) is 6.43. The van der Waals surface area contributed by atoms with Crippen LogP contribution in [-0.4, -0.2) is 28.0 Å². The number of ketones is 1. The molecule has 2 N–H and O–H groups in total. The Morgan fingerprint density at radius 1 is 1.10 bits per heavy atom. The van der Waals surface area contributed by atoms with Crippen molar-refractivity contribution in [2.45, 2.75) is 0 Å². The fourth-order valence-corrected chi connectivity index (χ4v) is 3.17. The maximum absolute atomic E-state index is 13.3. The number of para-hydroxylation sites is 2. The van der Waals surface area contributed by atoms with Crippen LogP contribution in [0.5, 0.6) is 11.5 Å². The average Bonchev–Trinajstić information content (AvgIpc) is 3.16. The van der Waals surface area contributed by atoms with Gasteiger partial charge < -0.3 is 14.8 Å². The van der Waals surface area contributed by atoms with Gasteiger partial charge in [0, 0.05) is 10.6 Å². The van der Waals surface area contributed by atoms with Crippen molar-refractivity contribution in [3.63, 3.8) is 0 Å². The van der Waals surface area contributed by atoms with Gasteiger partial charge in [-0.2, -0.15) is 0 Å². The molecule has 0 aliphatic rings. The monoisotopic (exact) mass is 404 g/mol. The molecule has 0 unspecified atom stereocenters. The van der Waals surface area contributed by atoms with Crippen molar-refractivity contribution in [3.05, 3.63) is 88.7 Å². The number of rotatable bonds is 5. The van der Waals surface area contributed by atoms with Crippen LogP contribution in [0.4, 0.5) is 0 Å². The lowest BCUT2D eigenvalue weighted by Gasteiger charge is -2.07. The number of fused-ring (bicyclic) bond motifs is 1. The molecule has 0 spiro atoms. The van der Waals surface area contributed by atoms with Crippen molar-refractivity contribution in [3.8, 4) is 11.5 Å². The number of allylic oxidation sites excluding steroid dienone is 1. The van der Waals surface area contributed by atoms with Gasteiger partial charge in [0.25, 0.3) is 0 Å². The maximum atomic E-state index is 13.3. The van der Waals surface area contributed by atoms with Crippen LogP contribution in [-0.2, 0) is 0 Å². The highest BCUT2D eigenvalue weighted by atomic mass is 35.5. The van der Waals surface area contributed by atoms with Crippen molar-refractivity contribution in [2.75, 3.05) is 7.11 Å². The van der Waals surface area contributed by atoms with Gasteiger partial charge in [0.05, 0.1) is 23.7 Å². The van der Waals surface area contributed by atoms with Gasteiger partial charge in [-0.1, -0.05) is 29.8 Å². The fourth-order valence-electron chi connectivity index (χ4n) is 3.04. The Hall–Kier alpha value is -3.57. The zero-order chi connectivity index (χ0) is 20.4. The Balaban J connectivity index is 1.85. The van der Waals surface area contributed by atoms with Crippen LogP contribution >= 0.6 is 11.6 Å². The molecule has 0 saturated heterocycles. The van der Waals surface area contributed by atoms with Gasteiger partial charge in [0.15, 0.2) is 17.3 Å². The molecule has 1 heterocycles. The molecule has 4 aromatic rings. The van der Waals surface area contributed by atoms with E-state index in [1.165, 1.54) is 13.2 Å². The summed E-state index contributed by atoms with van der Waals surface area (Å²) < 4.78 is 5.09. The summed E-state index contributed by atoms with van der Waals surface area (Å²) in [4.78, 5) is 21.1. The van der Waals surface area contributed by atoms with Crippen LogP contribution in [0.25, 0.3) is 22.7 Å². The first-order valence-electron chi connectivity index (χ1n) is 8.89. The molecule has 0 fully saturated rings. The average molecular weight is 405 g/mol. The number of carbonyl (C=O) groups excluding carboxylic acids is 1. The van der Waals surface area contributed by atoms with E-state index < -0.39 is 0 Å². The number of phenolic OH excluding ortho intramolecular Hbond substituents is 1. The minimum atomic E-state index is -0.212. The zero-order valence-corrected chi connectivity index (χ0v) is 16.3. The Bertz CT molecular complexity index is 1190. The molecular formula is C23H17ClN2O3. The lowest BCUT2D eigenvalue weighted by molar-refractivity contribution is 0.105. The van der Waals surface area contributed by atoms with E-state index in [4.69, 9.17) is 16.3 Å². The Labute approximate surface area is 172 Å². The zero-order valence-electron chi connectivity index (χ0n) is 15.5. The highest BCUT2D eigenvalue weighted by Gasteiger charge is 2.18. The van der Waals surface area contributed by atoms with Crippen molar-refractivity contribution >= 4 is 40.1 Å². The number of hydrogen-bond donors (Lipinski definition) is 2. The number of methoxy groups -OCH3 is 1. The molecule has 1 aromatic heterocycles. The molecule has 0 bridgehead atoms. The van der Waals surface area contributed by atoms with Crippen molar-refractivity contribution in [2.24, 2.45) is 0 Å². The summed E-state index contributed by atoms with van der Waals surface area (Å²) in [5, 5.41) is 10.6. The lowest BCUT2D eigenvalue weighted by Crippen LogP contribution is -2.04. The van der Waals surface area contributed by atoms with Gasteiger partial charge in [-0.3, -0.25) is 4.79 Å². The summed E-state index contributed by atoms with van der Waals surface area (Å²) in [6.45, 7) is 0. The van der Waals surface area contributed by atoms with Gasteiger partial charge >= 0.3 is 0 Å². The second kappa shape index (κ2) is 7.81. The molecule has 0 amide bonds. The summed E-state index contributed by atoms with van der Waals surface area (Å²) in [6, 6.07) is 19.2. The van der Waals surface area contributed by atoms with E-state index in [0.717, 1.165) is 11.0 Å². The molecule has 3 aromatic carbocycles. The number of Topliss-reactive ketones (excluding diaryl/α,β-unsaturated/α-hetero) is 1. The van der Waals surface area contributed by atoms with Crippen LogP contribution in [0.1, 0.15) is 21.7 Å². The molecule has 29 heavy (non-hydrogen) atoms. The number of phenols is 1. The third kappa shape index (κ3) is 3.86. The Kier molecular flexibility index (Phi) is 5.06. The third-order valence-electron chi connectivity index (χ3n) is 4.51. The maximum Gasteiger partial charge on any atom is 0.196 e. The topological polar surface area (TPSA) is 75.2 Å². The number of halogens is 1. The van der Waals surface area contributed by atoms with Gasteiger partial charge in [0.1, 0.15) is 5.82 Å². The van der Waals surface area contributed by atoms with E-state index in [2.05, 4.69) is 9.97 Å². The summed E-state index contributed by atoms with van der Waals surface area (Å²) in [6.07, 6.45) is 1.69. The first-order valence-corrected chi connectivity index (χ1v) is 9.27. The summed E-state index contributed by atoms with van der Waals surface area (Å²) in [7, 11) is 1.48. The SMILES string of the molecule is COc1ccc(C=C(C(=O)c2ccc(Cl)cc2)c2nc3ccccc3[nH]2)cc1O. The Morgan fingerprint density at radius 2 is 1.86 bits per heavy atom. The van der Waals surface area contributed by atoms with Crippen molar-refractivity contribution < 1.29 is 14.6 Å². The van der Waals surface area contributed by atoms with Crippen LogP contribution < -0.4 is 4.74 Å². The number of imidazole rings is 1. The van der Waals surface area contributed by atoms with Gasteiger partial charge in [-0.05, 0) is 60.2 Å². The molecule has 144 valence electrons. The minimum Gasteiger partial charge on any atom is -0.504 e. The number of benzene rings is 3. The molecule has 4 rings (SSSR count). The van der Waals surface area contributed by atoms with E-state index in [-0.39, 0.29) is 11.5 Å². The number of carbonyl (C=O) groups is 1. The van der Waals surface area contributed by atoms with E-state index in [1.807, 2.05) is 24.3 Å². The fraction of sp³-hybridized carbons (Fsp3) is 0.0435. The highest BCUT2D eigenvalue weighted by Crippen LogP contribution is 2.29. The Morgan fingerprint density at radius 3 is 2.55 bits per heavy atom. The first-order chi connectivity index (χ1) is 14.0. The van der Waals surface area contributed by atoms with Crippen LogP contribution in [0.15, 0.2) is 66.7 Å². The molecule has 0 radical (unpaired) electrons.